The van der Waals surface area contributed by atoms with Gasteiger partial charge in [-0.3, -0.25) is 4.90 Å². The lowest BCUT2D eigenvalue weighted by atomic mass is 9.95. The highest BCUT2D eigenvalue weighted by molar-refractivity contribution is 4.86. The summed E-state index contributed by atoms with van der Waals surface area (Å²) in [6, 6.07) is 0.339. The lowest BCUT2D eigenvalue weighted by Gasteiger charge is -2.34. The Balaban J connectivity index is 1.90. The van der Waals surface area contributed by atoms with E-state index in [9.17, 15) is 0 Å². The van der Waals surface area contributed by atoms with Gasteiger partial charge in [-0.05, 0) is 19.3 Å². The van der Waals surface area contributed by atoms with Crippen LogP contribution in [0.4, 0.5) is 0 Å². The molecule has 2 rings (SSSR count). The summed E-state index contributed by atoms with van der Waals surface area (Å²) < 4.78 is 5.10. The molecular formula is C10H18N4O. The molecule has 1 fully saturated rings. The minimum absolute atomic E-state index is 0.339. The number of likely N-dealkylation sites (tertiary alicyclic amines) is 1. The summed E-state index contributed by atoms with van der Waals surface area (Å²) in [5, 5.41) is 3.78. The summed E-state index contributed by atoms with van der Waals surface area (Å²) in [6.45, 7) is 6.81. The summed E-state index contributed by atoms with van der Waals surface area (Å²) >= 11 is 0. The van der Waals surface area contributed by atoms with Crippen molar-refractivity contribution >= 4 is 0 Å². The predicted octanol–water partition coefficient (Wildman–Crippen LogP) is 0.547. The van der Waals surface area contributed by atoms with E-state index in [0.29, 0.717) is 23.7 Å². The van der Waals surface area contributed by atoms with Crippen molar-refractivity contribution in [1.82, 2.24) is 15.0 Å². The van der Waals surface area contributed by atoms with Crippen LogP contribution in [0, 0.1) is 12.8 Å². The fourth-order valence-corrected chi connectivity index (χ4v) is 1.99. The van der Waals surface area contributed by atoms with Crippen molar-refractivity contribution in [3.8, 4) is 0 Å². The molecule has 0 radical (unpaired) electrons. The van der Waals surface area contributed by atoms with Crippen molar-refractivity contribution in [2.75, 3.05) is 13.1 Å². The lowest BCUT2D eigenvalue weighted by molar-refractivity contribution is 0.142. The molecule has 1 aromatic rings. The minimum Gasteiger partial charge on any atom is -0.338 e. The van der Waals surface area contributed by atoms with Gasteiger partial charge in [0, 0.05) is 19.1 Å². The number of aromatic nitrogens is 2. The van der Waals surface area contributed by atoms with Crippen molar-refractivity contribution in [2.45, 2.75) is 32.9 Å². The predicted molar refractivity (Wildman–Crippen MR) is 56.1 cm³/mol. The van der Waals surface area contributed by atoms with E-state index in [2.05, 4.69) is 22.0 Å². The van der Waals surface area contributed by atoms with Gasteiger partial charge in [-0.1, -0.05) is 12.1 Å². The molecule has 0 saturated carbocycles. The molecule has 2 heterocycles. The molecule has 2 atom stereocenters. The Morgan fingerprint density at radius 2 is 2.40 bits per heavy atom. The zero-order valence-corrected chi connectivity index (χ0v) is 9.31. The summed E-state index contributed by atoms with van der Waals surface area (Å²) in [5.41, 5.74) is 5.96. The number of hydrogen-bond donors (Lipinski definition) is 1. The Hall–Kier alpha value is -0.940. The normalized spacial score (nSPS) is 28.2. The van der Waals surface area contributed by atoms with E-state index in [1.54, 1.807) is 0 Å². The van der Waals surface area contributed by atoms with Crippen LogP contribution < -0.4 is 5.73 Å². The first-order valence-electron chi connectivity index (χ1n) is 5.42. The molecule has 1 aliphatic heterocycles. The Bertz CT molecular complexity index is 325. The summed E-state index contributed by atoms with van der Waals surface area (Å²) in [4.78, 5) is 6.52. The van der Waals surface area contributed by atoms with Crippen molar-refractivity contribution in [1.29, 1.82) is 0 Å². The monoisotopic (exact) mass is 210 g/mol. The van der Waals surface area contributed by atoms with Crippen molar-refractivity contribution in [3.05, 3.63) is 11.7 Å². The number of piperidine rings is 1. The van der Waals surface area contributed by atoms with Crippen molar-refractivity contribution in [2.24, 2.45) is 11.7 Å². The second kappa shape index (κ2) is 4.28. The van der Waals surface area contributed by atoms with E-state index in [1.165, 1.54) is 0 Å². The van der Waals surface area contributed by atoms with Crippen LogP contribution in [0.2, 0.25) is 0 Å². The number of nitrogens with two attached hydrogens (primary N) is 1. The van der Waals surface area contributed by atoms with Gasteiger partial charge in [-0.2, -0.15) is 4.98 Å². The van der Waals surface area contributed by atoms with Crippen LogP contribution in [-0.2, 0) is 6.54 Å². The summed E-state index contributed by atoms with van der Waals surface area (Å²) in [6.07, 6.45) is 1.05. The first kappa shape index (κ1) is 10.6. The fourth-order valence-electron chi connectivity index (χ4n) is 1.99. The average Bonchev–Trinajstić information content (AvgIpc) is 2.58. The molecule has 0 bridgehead atoms. The largest absolute Gasteiger partial charge is 0.338 e. The van der Waals surface area contributed by atoms with E-state index >= 15 is 0 Å². The zero-order chi connectivity index (χ0) is 10.8. The Morgan fingerprint density at radius 3 is 3.00 bits per heavy atom. The van der Waals surface area contributed by atoms with Crippen LogP contribution in [-0.4, -0.2) is 34.2 Å². The molecule has 5 heteroatoms. The number of aryl methyl sites for hydroxylation is 1. The van der Waals surface area contributed by atoms with Gasteiger partial charge in [-0.15, -0.1) is 0 Å². The Labute approximate surface area is 89.6 Å². The summed E-state index contributed by atoms with van der Waals surface area (Å²) in [7, 11) is 0. The standard InChI is InChI=1S/C10H18N4O/c1-7-5-14(4-3-9(7)11)6-10-12-8(2)13-15-10/h7,9H,3-6,11H2,1-2H3. The zero-order valence-electron chi connectivity index (χ0n) is 9.31. The first-order valence-corrected chi connectivity index (χ1v) is 5.42. The van der Waals surface area contributed by atoms with Gasteiger partial charge in [0.05, 0.1) is 6.54 Å². The molecule has 1 aliphatic rings. The van der Waals surface area contributed by atoms with Crippen LogP contribution >= 0.6 is 0 Å². The lowest BCUT2D eigenvalue weighted by Crippen LogP contribution is -2.45. The highest BCUT2D eigenvalue weighted by Crippen LogP contribution is 2.16. The molecule has 0 aromatic carbocycles. The van der Waals surface area contributed by atoms with E-state index in [4.69, 9.17) is 10.3 Å². The van der Waals surface area contributed by atoms with Gasteiger partial charge < -0.3 is 10.3 Å². The van der Waals surface area contributed by atoms with Crippen molar-refractivity contribution in [3.63, 3.8) is 0 Å². The fraction of sp³-hybridized carbons (Fsp3) is 0.800. The first-order chi connectivity index (χ1) is 7.15. The van der Waals surface area contributed by atoms with Gasteiger partial charge in [-0.25, -0.2) is 0 Å². The highest BCUT2D eigenvalue weighted by atomic mass is 16.5. The van der Waals surface area contributed by atoms with Crippen molar-refractivity contribution < 1.29 is 4.52 Å². The molecule has 0 spiro atoms. The third-order valence-corrected chi connectivity index (χ3v) is 2.98. The molecule has 1 saturated heterocycles. The third kappa shape index (κ3) is 2.54. The highest BCUT2D eigenvalue weighted by Gasteiger charge is 2.24. The van der Waals surface area contributed by atoms with Gasteiger partial charge in [0.2, 0.25) is 5.89 Å². The molecule has 2 unspecified atom stereocenters. The van der Waals surface area contributed by atoms with Gasteiger partial charge in [0.15, 0.2) is 5.82 Å². The number of nitrogens with zero attached hydrogens (tertiary/aromatic N) is 3. The molecule has 0 amide bonds. The second-order valence-corrected chi connectivity index (χ2v) is 4.40. The van der Waals surface area contributed by atoms with Crippen LogP contribution in [0.1, 0.15) is 25.1 Å². The molecule has 15 heavy (non-hydrogen) atoms. The number of rotatable bonds is 2. The van der Waals surface area contributed by atoms with E-state index in [1.807, 2.05) is 6.92 Å². The van der Waals surface area contributed by atoms with E-state index in [0.717, 1.165) is 26.1 Å². The number of hydrogen-bond acceptors (Lipinski definition) is 5. The van der Waals surface area contributed by atoms with Gasteiger partial charge >= 0.3 is 0 Å². The van der Waals surface area contributed by atoms with E-state index in [-0.39, 0.29) is 0 Å². The maximum absolute atomic E-state index is 5.96. The van der Waals surface area contributed by atoms with Crippen LogP contribution in [0.15, 0.2) is 4.52 Å². The summed E-state index contributed by atoms with van der Waals surface area (Å²) in [5.74, 6) is 1.95. The average molecular weight is 210 g/mol. The quantitative estimate of drug-likeness (QED) is 0.772. The molecular weight excluding hydrogens is 192 g/mol. The van der Waals surface area contributed by atoms with Crippen LogP contribution in [0.25, 0.3) is 0 Å². The topological polar surface area (TPSA) is 68.2 Å². The second-order valence-electron chi connectivity index (χ2n) is 4.40. The van der Waals surface area contributed by atoms with Crippen LogP contribution in [0.5, 0.6) is 0 Å². The maximum Gasteiger partial charge on any atom is 0.240 e. The molecule has 0 aliphatic carbocycles. The van der Waals surface area contributed by atoms with E-state index < -0.39 is 0 Å². The molecule has 2 N–H and O–H groups in total. The Morgan fingerprint density at radius 1 is 1.60 bits per heavy atom. The van der Waals surface area contributed by atoms with Crippen LogP contribution in [0.3, 0.4) is 0 Å². The molecule has 1 aromatic heterocycles. The Kier molecular flexibility index (Phi) is 3.02. The van der Waals surface area contributed by atoms with Gasteiger partial charge in [0.25, 0.3) is 0 Å². The molecule has 84 valence electrons. The smallest absolute Gasteiger partial charge is 0.240 e. The van der Waals surface area contributed by atoms with Gasteiger partial charge in [0.1, 0.15) is 0 Å². The maximum atomic E-state index is 5.96. The third-order valence-electron chi connectivity index (χ3n) is 2.98. The minimum atomic E-state index is 0.339. The SMILES string of the molecule is Cc1noc(CN2CCC(N)C(C)C2)n1. The molecule has 5 nitrogen and oxygen atoms in total.